The Morgan fingerprint density at radius 2 is 1.58 bits per heavy atom. The molecule has 1 aromatic heterocycles. The minimum absolute atomic E-state index is 0.0583. The Kier molecular flexibility index (Phi) is 4.14. The minimum Gasteiger partial charge on any atom is -0.469 e. The smallest absolute Gasteiger partial charge is 0.346 e. The molecule has 5 heteroatoms. The zero-order valence-corrected chi connectivity index (χ0v) is 17.1. The third-order valence-corrected chi connectivity index (χ3v) is 5.98. The Balaban J connectivity index is 1.86. The summed E-state index contributed by atoms with van der Waals surface area (Å²) in [6.45, 7) is 3.32. The maximum atomic E-state index is 13.9. The largest absolute Gasteiger partial charge is 0.469 e. The van der Waals surface area contributed by atoms with E-state index < -0.39 is 22.6 Å². The maximum Gasteiger partial charge on any atom is 0.346 e. The summed E-state index contributed by atoms with van der Waals surface area (Å²) in [5.74, 6) is -0.274. The normalized spacial score (nSPS) is 22.2. The van der Waals surface area contributed by atoms with Gasteiger partial charge in [0.15, 0.2) is 0 Å². The van der Waals surface area contributed by atoms with Gasteiger partial charge in [-0.15, -0.1) is 0 Å². The molecule has 31 heavy (non-hydrogen) atoms. The molecule has 0 saturated carbocycles. The lowest BCUT2D eigenvalue weighted by Crippen LogP contribution is -2.54. The lowest BCUT2D eigenvalue weighted by molar-refractivity contribution is -0.0839. The number of aryl methyl sites for hydroxylation is 1. The first-order valence-electron chi connectivity index (χ1n) is 10.0. The fraction of sp³-hybridized carbons (Fsp3) is 0.154. The molecule has 2 atom stereocenters. The molecule has 5 rings (SSSR count). The number of ether oxygens (including phenoxy) is 1. The molecule has 0 spiro atoms. The van der Waals surface area contributed by atoms with E-state index in [9.17, 15) is 14.7 Å². The van der Waals surface area contributed by atoms with Crippen LogP contribution in [0.4, 0.5) is 0 Å². The van der Waals surface area contributed by atoms with Gasteiger partial charge in [-0.2, -0.15) is 0 Å². The van der Waals surface area contributed by atoms with E-state index in [1.165, 1.54) is 6.92 Å². The van der Waals surface area contributed by atoms with Crippen molar-refractivity contribution in [3.63, 3.8) is 0 Å². The van der Waals surface area contributed by atoms with Crippen LogP contribution in [0.25, 0.3) is 11.0 Å². The minimum atomic E-state index is -1.98. The number of carbonyl (C=O) groups is 1. The van der Waals surface area contributed by atoms with Gasteiger partial charge in [0, 0.05) is 11.1 Å². The first kappa shape index (κ1) is 19.3. The topological polar surface area (TPSA) is 76.7 Å². The second-order valence-corrected chi connectivity index (χ2v) is 8.01. The number of ketones is 1. The molecule has 5 nitrogen and oxygen atoms in total. The third kappa shape index (κ3) is 2.60. The van der Waals surface area contributed by atoms with E-state index in [1.54, 1.807) is 66.7 Å². The van der Waals surface area contributed by atoms with Crippen LogP contribution in [0.5, 0.6) is 5.75 Å². The van der Waals surface area contributed by atoms with Crippen LogP contribution >= 0.6 is 0 Å². The summed E-state index contributed by atoms with van der Waals surface area (Å²) in [6, 6.07) is 22.8. The fourth-order valence-electron chi connectivity index (χ4n) is 4.44. The van der Waals surface area contributed by atoms with Gasteiger partial charge in [0.1, 0.15) is 22.5 Å². The van der Waals surface area contributed by atoms with Crippen LogP contribution in [-0.4, -0.2) is 10.9 Å². The first-order chi connectivity index (χ1) is 14.9. The van der Waals surface area contributed by atoms with Gasteiger partial charge in [0.05, 0.1) is 5.39 Å². The number of hydrogen-bond acceptors (Lipinski definition) is 5. The Labute approximate surface area is 178 Å². The van der Waals surface area contributed by atoms with Gasteiger partial charge in [0.25, 0.3) is 0 Å². The van der Waals surface area contributed by atoms with Gasteiger partial charge in [0.2, 0.25) is 11.4 Å². The second-order valence-electron chi connectivity index (χ2n) is 8.01. The summed E-state index contributed by atoms with van der Waals surface area (Å²) < 4.78 is 11.9. The van der Waals surface area contributed by atoms with Crippen molar-refractivity contribution in [2.75, 3.05) is 0 Å². The number of hydrogen-bond donors (Lipinski definition) is 1. The predicted octanol–water partition coefficient (Wildman–Crippen LogP) is 4.48. The van der Waals surface area contributed by atoms with E-state index in [1.807, 2.05) is 19.1 Å². The Bertz CT molecular complexity index is 1370. The maximum absolute atomic E-state index is 13.9. The molecule has 0 bridgehead atoms. The molecule has 2 unspecified atom stereocenters. The van der Waals surface area contributed by atoms with Gasteiger partial charge >= 0.3 is 5.63 Å². The highest BCUT2D eigenvalue weighted by Crippen LogP contribution is 2.55. The van der Waals surface area contributed by atoms with Gasteiger partial charge < -0.3 is 14.3 Å². The van der Waals surface area contributed by atoms with E-state index >= 15 is 0 Å². The molecule has 2 heterocycles. The van der Waals surface area contributed by atoms with Crippen molar-refractivity contribution in [3.05, 3.63) is 112 Å². The zero-order chi connectivity index (χ0) is 21.8. The highest BCUT2D eigenvalue weighted by Gasteiger charge is 2.65. The van der Waals surface area contributed by atoms with Crippen molar-refractivity contribution >= 4 is 16.8 Å². The molecule has 3 aromatic carbocycles. The summed E-state index contributed by atoms with van der Waals surface area (Å²) >= 11 is 0. The van der Waals surface area contributed by atoms with Crippen molar-refractivity contribution in [1.29, 1.82) is 0 Å². The van der Waals surface area contributed by atoms with Crippen molar-refractivity contribution in [3.8, 4) is 5.75 Å². The summed E-state index contributed by atoms with van der Waals surface area (Å²) in [5.41, 5.74) is -2.55. The second kappa shape index (κ2) is 6.65. The Morgan fingerprint density at radius 3 is 2.26 bits per heavy atom. The lowest BCUT2D eigenvalue weighted by Gasteiger charge is -2.37. The highest BCUT2D eigenvalue weighted by molar-refractivity contribution is 6.05. The van der Waals surface area contributed by atoms with Gasteiger partial charge in [-0.05, 0) is 31.5 Å². The predicted molar refractivity (Wildman–Crippen MR) is 116 cm³/mol. The van der Waals surface area contributed by atoms with Gasteiger partial charge in [-0.3, -0.25) is 4.79 Å². The zero-order valence-electron chi connectivity index (χ0n) is 17.1. The van der Waals surface area contributed by atoms with E-state index in [-0.39, 0.29) is 11.3 Å². The number of fused-ring (bicyclic) bond motifs is 3. The number of rotatable bonds is 3. The fourth-order valence-corrected chi connectivity index (χ4v) is 4.44. The molecule has 0 fully saturated rings. The molecule has 1 N–H and O–H groups in total. The van der Waals surface area contributed by atoms with E-state index in [0.29, 0.717) is 22.1 Å². The third-order valence-electron chi connectivity index (χ3n) is 5.98. The monoisotopic (exact) mass is 412 g/mol. The van der Waals surface area contributed by atoms with Crippen LogP contribution in [0.2, 0.25) is 0 Å². The highest BCUT2D eigenvalue weighted by atomic mass is 16.5. The van der Waals surface area contributed by atoms with E-state index in [0.717, 1.165) is 5.56 Å². The number of aliphatic hydroxyl groups is 1. The molecule has 0 aliphatic carbocycles. The van der Waals surface area contributed by atoms with Crippen LogP contribution < -0.4 is 10.4 Å². The summed E-state index contributed by atoms with van der Waals surface area (Å²) in [4.78, 5) is 26.9. The van der Waals surface area contributed by atoms with Crippen LogP contribution in [-0.2, 0) is 11.2 Å². The van der Waals surface area contributed by atoms with Crippen molar-refractivity contribution in [2.24, 2.45) is 0 Å². The average Bonchev–Trinajstić information content (AvgIpc) is 3.03. The quantitative estimate of drug-likeness (QED) is 0.397. The van der Waals surface area contributed by atoms with E-state index in [2.05, 4.69) is 0 Å². The molecule has 0 amide bonds. The van der Waals surface area contributed by atoms with Crippen LogP contribution in [0.1, 0.15) is 34.0 Å². The van der Waals surface area contributed by atoms with Crippen LogP contribution in [0.15, 0.2) is 88.1 Å². The van der Waals surface area contributed by atoms with Crippen molar-refractivity contribution < 1.29 is 19.1 Å². The summed E-state index contributed by atoms with van der Waals surface area (Å²) in [6.07, 6.45) is 0. The van der Waals surface area contributed by atoms with Crippen LogP contribution in [0.3, 0.4) is 0 Å². The SMILES string of the molecule is Cc1ccc2c3c(c(=O)oc2c1)C(C)(O)C(C(=O)c1ccccc1)(c1ccccc1)O3. The molecular formula is C26H20O5. The number of Topliss-reactive ketones (excluding diaryl/α,β-unsaturated/α-hetero) is 1. The van der Waals surface area contributed by atoms with Crippen molar-refractivity contribution in [1.82, 2.24) is 0 Å². The van der Waals surface area contributed by atoms with E-state index in [4.69, 9.17) is 9.15 Å². The molecule has 1 aliphatic heterocycles. The molecule has 0 saturated heterocycles. The van der Waals surface area contributed by atoms with Crippen LogP contribution in [0, 0.1) is 6.92 Å². The number of benzene rings is 3. The summed E-state index contributed by atoms with van der Waals surface area (Å²) in [7, 11) is 0. The van der Waals surface area contributed by atoms with Gasteiger partial charge in [-0.1, -0.05) is 66.7 Å². The standard InChI is InChI=1S/C26H20O5/c1-16-13-14-19-20(15-16)30-24(28)21-22(19)31-26(25(21,2)29,18-11-7-4-8-12-18)23(27)17-9-5-3-6-10-17/h3-15,29H,1-2H3. The molecule has 154 valence electrons. The Hall–Kier alpha value is -3.70. The molecule has 1 aliphatic rings. The lowest BCUT2D eigenvalue weighted by atomic mass is 9.72. The first-order valence-corrected chi connectivity index (χ1v) is 10.0. The van der Waals surface area contributed by atoms with Gasteiger partial charge in [-0.25, -0.2) is 4.79 Å². The Morgan fingerprint density at radius 1 is 0.935 bits per heavy atom. The summed E-state index contributed by atoms with van der Waals surface area (Å²) in [5, 5.41) is 12.4. The average molecular weight is 412 g/mol. The molecule has 4 aromatic rings. The number of carbonyl (C=O) groups excluding carboxylic acids is 1. The molecular weight excluding hydrogens is 392 g/mol. The van der Waals surface area contributed by atoms with Crippen molar-refractivity contribution in [2.45, 2.75) is 25.0 Å². The molecule has 0 radical (unpaired) electrons.